The molecule has 3 aromatic rings. The van der Waals surface area contributed by atoms with Crippen molar-refractivity contribution >= 4 is 16.9 Å². The molecule has 118 valence electrons. The number of hydrogen-bond donors (Lipinski definition) is 1. The Bertz CT molecular complexity index is 815. The molecule has 23 heavy (non-hydrogen) atoms. The van der Waals surface area contributed by atoms with Crippen molar-refractivity contribution in [3.05, 3.63) is 71.0 Å². The van der Waals surface area contributed by atoms with E-state index in [1.807, 2.05) is 24.3 Å². The van der Waals surface area contributed by atoms with Crippen molar-refractivity contribution < 1.29 is 9.21 Å². The second-order valence-electron chi connectivity index (χ2n) is 5.94. The highest BCUT2D eigenvalue weighted by atomic mass is 16.3. The van der Waals surface area contributed by atoms with Crippen molar-refractivity contribution in [2.75, 3.05) is 0 Å². The second-order valence-corrected chi connectivity index (χ2v) is 5.94. The first-order valence-electron chi connectivity index (χ1n) is 7.95. The molecule has 0 radical (unpaired) electrons. The number of nitrogens with one attached hydrogen (secondary N) is 1. The predicted molar refractivity (Wildman–Crippen MR) is 92.6 cm³/mol. The molecule has 3 heteroatoms. The minimum Gasteiger partial charge on any atom is -0.451 e. The lowest BCUT2D eigenvalue weighted by Crippen LogP contribution is -2.28. The SMILES string of the molecule is CC[C@@H](NC(=O)c1cc2ccccc2o1)c1ccc(C)cc1C. The van der Waals surface area contributed by atoms with Crippen LogP contribution in [0.4, 0.5) is 0 Å². The Morgan fingerprint density at radius 1 is 1.13 bits per heavy atom. The van der Waals surface area contributed by atoms with E-state index in [-0.39, 0.29) is 11.9 Å². The first kappa shape index (κ1) is 15.3. The number of rotatable bonds is 4. The smallest absolute Gasteiger partial charge is 0.287 e. The Labute approximate surface area is 136 Å². The van der Waals surface area contributed by atoms with Crippen LogP contribution in [0, 0.1) is 13.8 Å². The lowest BCUT2D eigenvalue weighted by molar-refractivity contribution is 0.0909. The molecule has 0 bridgehead atoms. The van der Waals surface area contributed by atoms with Crippen LogP contribution in [-0.2, 0) is 0 Å². The van der Waals surface area contributed by atoms with Gasteiger partial charge < -0.3 is 9.73 Å². The largest absolute Gasteiger partial charge is 0.451 e. The summed E-state index contributed by atoms with van der Waals surface area (Å²) in [5.74, 6) is 0.183. The number of carbonyl (C=O) groups is 1. The van der Waals surface area contributed by atoms with Crippen LogP contribution in [-0.4, -0.2) is 5.91 Å². The zero-order chi connectivity index (χ0) is 16.4. The maximum Gasteiger partial charge on any atom is 0.287 e. The monoisotopic (exact) mass is 307 g/mol. The number of aryl methyl sites for hydroxylation is 2. The van der Waals surface area contributed by atoms with Crippen molar-refractivity contribution in [2.24, 2.45) is 0 Å². The van der Waals surface area contributed by atoms with E-state index in [0.29, 0.717) is 5.76 Å². The first-order chi connectivity index (χ1) is 11.1. The lowest BCUT2D eigenvalue weighted by atomic mass is 9.97. The molecular formula is C20H21NO2. The van der Waals surface area contributed by atoms with Gasteiger partial charge in [0.25, 0.3) is 5.91 Å². The average Bonchev–Trinajstić information content (AvgIpc) is 2.97. The standard InChI is InChI=1S/C20H21NO2/c1-4-17(16-10-9-13(2)11-14(16)3)21-20(22)19-12-15-7-5-6-8-18(15)23-19/h5-12,17H,4H2,1-3H3,(H,21,22)/t17-/m1/s1. The Balaban J connectivity index is 1.84. The van der Waals surface area contributed by atoms with Gasteiger partial charge in [0.05, 0.1) is 6.04 Å². The lowest BCUT2D eigenvalue weighted by Gasteiger charge is -2.19. The maximum atomic E-state index is 12.5. The van der Waals surface area contributed by atoms with Crippen LogP contribution >= 0.6 is 0 Å². The number of hydrogen-bond acceptors (Lipinski definition) is 2. The zero-order valence-corrected chi connectivity index (χ0v) is 13.7. The number of fused-ring (bicyclic) bond motifs is 1. The van der Waals surface area contributed by atoms with Crippen LogP contribution in [0.3, 0.4) is 0 Å². The normalized spacial score (nSPS) is 12.3. The third kappa shape index (κ3) is 3.14. The molecule has 1 aromatic heterocycles. The van der Waals surface area contributed by atoms with Gasteiger partial charge in [0.15, 0.2) is 5.76 Å². The Morgan fingerprint density at radius 3 is 2.61 bits per heavy atom. The summed E-state index contributed by atoms with van der Waals surface area (Å²) >= 11 is 0. The summed E-state index contributed by atoms with van der Waals surface area (Å²) in [4.78, 5) is 12.5. The van der Waals surface area contributed by atoms with Crippen molar-refractivity contribution in [2.45, 2.75) is 33.2 Å². The first-order valence-corrected chi connectivity index (χ1v) is 7.95. The van der Waals surface area contributed by atoms with Gasteiger partial charge >= 0.3 is 0 Å². The summed E-state index contributed by atoms with van der Waals surface area (Å²) in [7, 11) is 0. The van der Waals surface area contributed by atoms with E-state index < -0.39 is 0 Å². The minimum absolute atomic E-state index is 0.0173. The fourth-order valence-electron chi connectivity index (χ4n) is 2.94. The van der Waals surface area contributed by atoms with Crippen molar-refractivity contribution in [3.8, 4) is 0 Å². The van der Waals surface area contributed by atoms with E-state index in [2.05, 4.69) is 44.3 Å². The average molecular weight is 307 g/mol. The molecule has 0 aliphatic rings. The highest BCUT2D eigenvalue weighted by Gasteiger charge is 2.18. The summed E-state index contributed by atoms with van der Waals surface area (Å²) in [5.41, 5.74) is 4.31. The van der Waals surface area contributed by atoms with E-state index in [1.54, 1.807) is 6.07 Å². The fraction of sp³-hybridized carbons (Fsp3) is 0.250. The number of amides is 1. The molecule has 3 nitrogen and oxygen atoms in total. The Hall–Kier alpha value is -2.55. The van der Waals surface area contributed by atoms with E-state index >= 15 is 0 Å². The number of para-hydroxylation sites is 1. The molecule has 1 amide bonds. The van der Waals surface area contributed by atoms with Crippen molar-refractivity contribution in [1.29, 1.82) is 0 Å². The summed E-state index contributed by atoms with van der Waals surface area (Å²) in [6, 6.07) is 15.7. The van der Waals surface area contributed by atoms with Gasteiger partial charge in [-0.05, 0) is 43.5 Å². The summed E-state index contributed by atoms with van der Waals surface area (Å²) in [6.07, 6.45) is 0.829. The van der Waals surface area contributed by atoms with Crippen LogP contribution in [0.15, 0.2) is 52.9 Å². The van der Waals surface area contributed by atoms with Gasteiger partial charge in [0.1, 0.15) is 5.58 Å². The van der Waals surface area contributed by atoms with Gasteiger partial charge in [-0.3, -0.25) is 4.79 Å². The molecule has 1 heterocycles. The van der Waals surface area contributed by atoms with Gasteiger partial charge in [-0.25, -0.2) is 0 Å². The molecular weight excluding hydrogens is 286 g/mol. The number of benzene rings is 2. The molecule has 0 fully saturated rings. The van der Waals surface area contributed by atoms with Crippen LogP contribution in [0.2, 0.25) is 0 Å². The van der Waals surface area contributed by atoms with Gasteiger partial charge in [0.2, 0.25) is 0 Å². The van der Waals surface area contributed by atoms with Crippen LogP contribution in [0.1, 0.15) is 46.6 Å². The van der Waals surface area contributed by atoms with Gasteiger partial charge in [-0.15, -0.1) is 0 Å². The number of carbonyl (C=O) groups excluding carboxylic acids is 1. The topological polar surface area (TPSA) is 42.2 Å². The molecule has 0 unspecified atom stereocenters. The maximum absolute atomic E-state index is 12.5. The van der Waals surface area contributed by atoms with Crippen LogP contribution < -0.4 is 5.32 Å². The van der Waals surface area contributed by atoms with Gasteiger partial charge in [-0.1, -0.05) is 48.9 Å². The van der Waals surface area contributed by atoms with E-state index in [0.717, 1.165) is 23.0 Å². The molecule has 3 rings (SSSR count). The molecule has 0 aliphatic heterocycles. The van der Waals surface area contributed by atoms with Crippen LogP contribution in [0.5, 0.6) is 0 Å². The Morgan fingerprint density at radius 2 is 1.91 bits per heavy atom. The molecule has 2 aromatic carbocycles. The molecule has 0 spiro atoms. The van der Waals surface area contributed by atoms with E-state index in [4.69, 9.17) is 4.42 Å². The third-order valence-electron chi connectivity index (χ3n) is 4.16. The molecule has 1 atom stereocenters. The van der Waals surface area contributed by atoms with E-state index in [1.165, 1.54) is 11.1 Å². The minimum atomic E-state index is -0.173. The van der Waals surface area contributed by atoms with Crippen molar-refractivity contribution in [1.82, 2.24) is 5.32 Å². The summed E-state index contributed by atoms with van der Waals surface area (Å²) in [5, 5.41) is 4.03. The van der Waals surface area contributed by atoms with Gasteiger partial charge in [-0.2, -0.15) is 0 Å². The molecule has 0 saturated carbocycles. The molecule has 0 saturated heterocycles. The molecule has 0 aliphatic carbocycles. The quantitative estimate of drug-likeness (QED) is 0.742. The van der Waals surface area contributed by atoms with E-state index in [9.17, 15) is 4.79 Å². The van der Waals surface area contributed by atoms with Crippen LogP contribution in [0.25, 0.3) is 11.0 Å². The summed E-state index contributed by atoms with van der Waals surface area (Å²) < 4.78 is 5.65. The highest BCUT2D eigenvalue weighted by Crippen LogP contribution is 2.24. The molecule has 1 N–H and O–H groups in total. The second kappa shape index (κ2) is 6.29. The Kier molecular flexibility index (Phi) is 4.20. The highest BCUT2D eigenvalue weighted by molar-refractivity contribution is 5.96. The van der Waals surface area contributed by atoms with Crippen molar-refractivity contribution in [3.63, 3.8) is 0 Å². The predicted octanol–water partition coefficient (Wildman–Crippen LogP) is 4.93. The van der Waals surface area contributed by atoms with Gasteiger partial charge in [0, 0.05) is 5.39 Å². The third-order valence-corrected chi connectivity index (χ3v) is 4.16. The summed E-state index contributed by atoms with van der Waals surface area (Å²) in [6.45, 7) is 6.23. The zero-order valence-electron chi connectivity index (χ0n) is 13.7. The number of furan rings is 1. The fourth-order valence-corrected chi connectivity index (χ4v) is 2.94.